The number of nitro benzene ring substituents is 1. The van der Waals surface area contributed by atoms with Gasteiger partial charge in [-0.05, 0) is 30.4 Å². The van der Waals surface area contributed by atoms with Crippen LogP contribution in [0.1, 0.15) is 25.8 Å². The van der Waals surface area contributed by atoms with Crippen LogP contribution in [-0.2, 0) is 6.42 Å². The fourth-order valence-corrected chi connectivity index (χ4v) is 1.63. The van der Waals surface area contributed by atoms with Crippen molar-refractivity contribution in [1.29, 1.82) is 0 Å². The molecule has 0 radical (unpaired) electrons. The molecule has 1 rings (SSSR count). The van der Waals surface area contributed by atoms with Crippen LogP contribution in [0.25, 0.3) is 0 Å². The molecule has 0 fully saturated rings. The van der Waals surface area contributed by atoms with Gasteiger partial charge in [0.05, 0.1) is 11.0 Å². The van der Waals surface area contributed by atoms with Gasteiger partial charge in [-0.1, -0.05) is 13.8 Å². The van der Waals surface area contributed by atoms with E-state index in [-0.39, 0.29) is 11.1 Å². The second-order valence-electron chi connectivity index (χ2n) is 4.37. The van der Waals surface area contributed by atoms with Crippen molar-refractivity contribution in [1.82, 2.24) is 0 Å². The number of nitro groups is 1. The highest BCUT2D eigenvalue weighted by atomic mass is 35.5. The van der Waals surface area contributed by atoms with Crippen molar-refractivity contribution in [2.75, 3.05) is 0 Å². The van der Waals surface area contributed by atoms with Gasteiger partial charge in [-0.2, -0.15) is 0 Å². The molecule has 0 amide bonds. The number of halogens is 2. The number of hydrogen-bond acceptors (Lipinski definition) is 2. The topological polar surface area (TPSA) is 43.1 Å². The molecule has 94 valence electrons. The fourth-order valence-electron chi connectivity index (χ4n) is 1.52. The number of aryl methyl sites for hydroxylation is 1. The van der Waals surface area contributed by atoms with Crippen molar-refractivity contribution in [2.45, 2.75) is 32.1 Å². The van der Waals surface area contributed by atoms with E-state index in [9.17, 15) is 14.5 Å². The lowest BCUT2D eigenvalue weighted by atomic mass is 10.0. The first-order chi connectivity index (χ1) is 7.90. The predicted octanol–water partition coefficient (Wildman–Crippen LogP) is 3.93. The van der Waals surface area contributed by atoms with Crippen LogP contribution in [0, 0.1) is 21.8 Å². The van der Waals surface area contributed by atoms with Gasteiger partial charge in [0.25, 0.3) is 5.69 Å². The van der Waals surface area contributed by atoms with E-state index in [4.69, 9.17) is 11.6 Å². The zero-order valence-electron chi connectivity index (χ0n) is 9.82. The first kappa shape index (κ1) is 13.9. The molecule has 0 bridgehead atoms. The molecule has 0 aliphatic carbocycles. The highest BCUT2D eigenvalue weighted by molar-refractivity contribution is 6.20. The number of alkyl halides is 1. The zero-order chi connectivity index (χ0) is 13.0. The second-order valence-corrected chi connectivity index (χ2v) is 4.93. The number of benzene rings is 1. The van der Waals surface area contributed by atoms with Gasteiger partial charge < -0.3 is 0 Å². The maximum absolute atomic E-state index is 13.1. The minimum atomic E-state index is -0.590. The quantitative estimate of drug-likeness (QED) is 0.457. The van der Waals surface area contributed by atoms with Gasteiger partial charge in [-0.25, -0.2) is 4.39 Å². The molecule has 1 unspecified atom stereocenters. The van der Waals surface area contributed by atoms with Crippen molar-refractivity contribution in [3.63, 3.8) is 0 Å². The Hall–Kier alpha value is -1.16. The van der Waals surface area contributed by atoms with E-state index < -0.39 is 10.7 Å². The van der Waals surface area contributed by atoms with E-state index in [1.54, 1.807) is 0 Å². The Morgan fingerprint density at radius 1 is 1.41 bits per heavy atom. The maximum Gasteiger partial charge on any atom is 0.272 e. The largest absolute Gasteiger partial charge is 0.272 e. The van der Waals surface area contributed by atoms with E-state index in [0.29, 0.717) is 24.3 Å². The third kappa shape index (κ3) is 4.30. The molecule has 0 saturated heterocycles. The smallest absolute Gasteiger partial charge is 0.258 e. The lowest BCUT2D eigenvalue weighted by molar-refractivity contribution is -0.385. The summed E-state index contributed by atoms with van der Waals surface area (Å²) in [5.41, 5.74) is 0.402. The van der Waals surface area contributed by atoms with Crippen molar-refractivity contribution in [3.05, 3.63) is 39.7 Å². The molecule has 17 heavy (non-hydrogen) atoms. The van der Waals surface area contributed by atoms with Crippen LogP contribution in [0.4, 0.5) is 10.1 Å². The van der Waals surface area contributed by atoms with Crippen molar-refractivity contribution in [2.24, 2.45) is 5.92 Å². The van der Waals surface area contributed by atoms with Gasteiger partial charge >= 0.3 is 0 Å². The molecule has 0 N–H and O–H groups in total. The second kappa shape index (κ2) is 5.96. The van der Waals surface area contributed by atoms with Crippen molar-refractivity contribution < 1.29 is 9.31 Å². The average molecular weight is 260 g/mol. The van der Waals surface area contributed by atoms with Crippen LogP contribution in [0.3, 0.4) is 0 Å². The Morgan fingerprint density at radius 3 is 2.59 bits per heavy atom. The Labute approximate surface area is 105 Å². The monoisotopic (exact) mass is 259 g/mol. The molecule has 1 aromatic carbocycles. The van der Waals surface area contributed by atoms with Crippen LogP contribution < -0.4 is 0 Å². The predicted molar refractivity (Wildman–Crippen MR) is 65.9 cm³/mol. The number of nitrogens with zero attached hydrogens (tertiary/aromatic N) is 1. The van der Waals surface area contributed by atoms with Gasteiger partial charge in [-0.15, -0.1) is 11.6 Å². The molecule has 3 nitrogen and oxygen atoms in total. The van der Waals surface area contributed by atoms with E-state index in [1.807, 2.05) is 13.8 Å². The summed E-state index contributed by atoms with van der Waals surface area (Å²) >= 11 is 6.08. The first-order valence-electron chi connectivity index (χ1n) is 5.48. The van der Waals surface area contributed by atoms with E-state index in [1.165, 1.54) is 12.1 Å². The molecule has 5 heteroatoms. The lowest BCUT2D eigenvalue weighted by Crippen LogP contribution is -2.09. The highest BCUT2D eigenvalue weighted by Crippen LogP contribution is 2.20. The molecule has 0 heterocycles. The SMILES string of the molecule is CC(C)C(Cl)CCc1cc(F)cc([N+](=O)[O-])c1. The summed E-state index contributed by atoms with van der Waals surface area (Å²) in [6.45, 7) is 4.01. The summed E-state index contributed by atoms with van der Waals surface area (Å²) in [5.74, 6) is -0.245. The summed E-state index contributed by atoms with van der Waals surface area (Å²) in [6, 6.07) is 3.63. The van der Waals surface area contributed by atoms with Gasteiger partial charge in [0.2, 0.25) is 0 Å². The maximum atomic E-state index is 13.1. The van der Waals surface area contributed by atoms with Gasteiger partial charge in [0.15, 0.2) is 0 Å². The van der Waals surface area contributed by atoms with Crippen molar-refractivity contribution >= 4 is 17.3 Å². The van der Waals surface area contributed by atoms with Gasteiger partial charge in [0.1, 0.15) is 5.82 Å². The highest BCUT2D eigenvalue weighted by Gasteiger charge is 2.13. The Balaban J connectivity index is 2.74. The summed E-state index contributed by atoms with van der Waals surface area (Å²) < 4.78 is 13.1. The molecule has 0 aromatic heterocycles. The first-order valence-corrected chi connectivity index (χ1v) is 5.91. The number of hydrogen-bond donors (Lipinski definition) is 0. The van der Waals surface area contributed by atoms with E-state index in [2.05, 4.69) is 0 Å². The Kier molecular flexibility index (Phi) is 4.87. The molecule has 1 aromatic rings. The van der Waals surface area contributed by atoms with Crippen molar-refractivity contribution in [3.8, 4) is 0 Å². The minimum Gasteiger partial charge on any atom is -0.258 e. The third-order valence-electron chi connectivity index (χ3n) is 2.59. The fraction of sp³-hybridized carbons (Fsp3) is 0.500. The Morgan fingerprint density at radius 2 is 2.06 bits per heavy atom. The minimum absolute atomic E-state index is 0.00248. The van der Waals surface area contributed by atoms with Crippen LogP contribution in [0.15, 0.2) is 18.2 Å². The standard InChI is InChI=1S/C12H15ClFNO2/c1-8(2)12(13)4-3-9-5-10(14)7-11(6-9)15(16)17/h5-8,12H,3-4H2,1-2H3. The van der Waals surface area contributed by atoms with Gasteiger partial charge in [-0.3, -0.25) is 10.1 Å². The summed E-state index contributed by atoms with van der Waals surface area (Å²) in [7, 11) is 0. The van der Waals surface area contributed by atoms with Crippen LogP contribution in [0.2, 0.25) is 0 Å². The molecule has 0 aliphatic heterocycles. The van der Waals surface area contributed by atoms with Crippen LogP contribution >= 0.6 is 11.6 Å². The molecular weight excluding hydrogens is 245 g/mol. The number of rotatable bonds is 5. The zero-order valence-corrected chi connectivity index (χ0v) is 10.6. The summed E-state index contributed by atoms with van der Waals surface area (Å²) in [4.78, 5) is 9.97. The Bertz CT molecular complexity index is 409. The molecule has 0 saturated carbocycles. The molecule has 0 spiro atoms. The third-order valence-corrected chi connectivity index (χ3v) is 3.31. The molecule has 1 atom stereocenters. The van der Waals surface area contributed by atoms with Crippen LogP contribution in [-0.4, -0.2) is 10.3 Å². The van der Waals surface area contributed by atoms with Crippen LogP contribution in [0.5, 0.6) is 0 Å². The normalized spacial score (nSPS) is 12.8. The molecule has 0 aliphatic rings. The average Bonchev–Trinajstić information content (AvgIpc) is 2.24. The molecular formula is C12H15ClFNO2. The lowest BCUT2D eigenvalue weighted by Gasteiger charge is -2.12. The number of non-ortho nitro benzene ring substituents is 1. The van der Waals surface area contributed by atoms with E-state index >= 15 is 0 Å². The summed E-state index contributed by atoms with van der Waals surface area (Å²) in [6.07, 6.45) is 1.23. The van der Waals surface area contributed by atoms with Gasteiger partial charge in [0, 0.05) is 11.4 Å². The summed E-state index contributed by atoms with van der Waals surface area (Å²) in [5, 5.41) is 10.6. The van der Waals surface area contributed by atoms with E-state index in [0.717, 1.165) is 6.07 Å².